The number of amides is 1. The molecule has 128 valence electrons. The number of rotatable bonds is 4. The number of carbonyl (C=O) groups is 1. The van der Waals surface area contributed by atoms with Crippen LogP contribution in [-0.4, -0.2) is 36.2 Å². The summed E-state index contributed by atoms with van der Waals surface area (Å²) in [5.41, 5.74) is 3.55. The molecule has 0 aliphatic carbocycles. The molecule has 4 nitrogen and oxygen atoms in total. The lowest BCUT2D eigenvalue weighted by atomic mass is 10.1. The highest BCUT2D eigenvalue weighted by molar-refractivity contribution is 5.68. The number of likely N-dealkylation sites (tertiary alicyclic amines) is 1. The predicted molar refractivity (Wildman–Crippen MR) is 93.5 cm³/mol. The smallest absolute Gasteiger partial charge is 0.410 e. The first kappa shape index (κ1) is 17.8. The summed E-state index contributed by atoms with van der Waals surface area (Å²) in [6.45, 7) is 13.4. The average Bonchev–Trinajstić information content (AvgIpc) is 2.90. The van der Waals surface area contributed by atoms with Gasteiger partial charge in [-0.15, -0.1) is 0 Å². The Morgan fingerprint density at radius 2 is 2.09 bits per heavy atom. The summed E-state index contributed by atoms with van der Waals surface area (Å²) in [6.07, 6.45) is 0.855. The lowest BCUT2D eigenvalue weighted by Gasteiger charge is -2.24. The Kier molecular flexibility index (Phi) is 5.69. The van der Waals surface area contributed by atoms with Crippen LogP contribution in [0.1, 0.15) is 43.9 Å². The lowest BCUT2D eigenvalue weighted by molar-refractivity contribution is 0.0288. The fourth-order valence-electron chi connectivity index (χ4n) is 2.89. The molecule has 0 saturated carbocycles. The van der Waals surface area contributed by atoms with Gasteiger partial charge < -0.3 is 15.0 Å². The summed E-state index contributed by atoms with van der Waals surface area (Å²) in [6, 6.07) is 6.56. The lowest BCUT2D eigenvalue weighted by Crippen LogP contribution is -2.36. The van der Waals surface area contributed by atoms with Crippen LogP contribution in [0.15, 0.2) is 18.2 Å². The zero-order chi connectivity index (χ0) is 17.0. The van der Waals surface area contributed by atoms with Crippen LogP contribution < -0.4 is 5.32 Å². The maximum absolute atomic E-state index is 12.1. The van der Waals surface area contributed by atoms with E-state index in [1.807, 2.05) is 25.7 Å². The van der Waals surface area contributed by atoms with E-state index in [0.29, 0.717) is 5.92 Å². The number of ether oxygens (including phenoxy) is 1. The Morgan fingerprint density at radius 3 is 2.78 bits per heavy atom. The quantitative estimate of drug-likeness (QED) is 0.921. The molecule has 1 aliphatic heterocycles. The fourth-order valence-corrected chi connectivity index (χ4v) is 2.89. The van der Waals surface area contributed by atoms with Crippen molar-refractivity contribution in [2.75, 3.05) is 19.6 Å². The third kappa shape index (κ3) is 5.54. The van der Waals surface area contributed by atoms with Gasteiger partial charge in [-0.05, 0) is 58.1 Å². The van der Waals surface area contributed by atoms with Gasteiger partial charge >= 0.3 is 6.09 Å². The highest BCUT2D eigenvalue weighted by Crippen LogP contribution is 2.19. The Labute approximate surface area is 140 Å². The minimum atomic E-state index is -0.421. The van der Waals surface area contributed by atoms with Gasteiger partial charge in [-0.2, -0.15) is 0 Å². The minimum Gasteiger partial charge on any atom is -0.444 e. The number of hydrogen-bond donors (Lipinski definition) is 1. The molecular weight excluding hydrogens is 288 g/mol. The van der Waals surface area contributed by atoms with Crippen molar-refractivity contribution in [3.63, 3.8) is 0 Å². The summed E-state index contributed by atoms with van der Waals surface area (Å²) < 4.78 is 5.44. The normalized spacial score (nSPS) is 18.3. The highest BCUT2D eigenvalue weighted by atomic mass is 16.6. The molecule has 1 aliphatic rings. The molecular formula is C19H30N2O2. The first-order valence-corrected chi connectivity index (χ1v) is 8.49. The van der Waals surface area contributed by atoms with Gasteiger partial charge in [0.1, 0.15) is 5.60 Å². The summed E-state index contributed by atoms with van der Waals surface area (Å²) in [4.78, 5) is 13.9. The number of carbonyl (C=O) groups excluding carboxylic acids is 1. The van der Waals surface area contributed by atoms with Crippen LogP contribution in [0, 0.1) is 19.8 Å². The number of nitrogens with zero attached hydrogens (tertiary/aromatic N) is 1. The molecule has 0 bridgehead atoms. The van der Waals surface area contributed by atoms with Crippen molar-refractivity contribution in [1.29, 1.82) is 0 Å². The zero-order valence-electron chi connectivity index (χ0n) is 15.1. The predicted octanol–water partition coefficient (Wildman–Crippen LogP) is 3.65. The Hall–Kier alpha value is -1.55. The van der Waals surface area contributed by atoms with E-state index in [1.54, 1.807) is 0 Å². The minimum absolute atomic E-state index is 0.186. The van der Waals surface area contributed by atoms with Crippen LogP contribution in [0.4, 0.5) is 4.79 Å². The number of hydrogen-bond acceptors (Lipinski definition) is 3. The van der Waals surface area contributed by atoms with Crippen molar-refractivity contribution in [1.82, 2.24) is 10.2 Å². The second-order valence-corrected chi connectivity index (χ2v) is 7.64. The van der Waals surface area contributed by atoms with E-state index in [2.05, 4.69) is 37.4 Å². The van der Waals surface area contributed by atoms with E-state index in [-0.39, 0.29) is 6.09 Å². The molecule has 1 aromatic rings. The summed E-state index contributed by atoms with van der Waals surface area (Å²) >= 11 is 0. The van der Waals surface area contributed by atoms with Crippen molar-refractivity contribution in [2.45, 2.75) is 53.2 Å². The van der Waals surface area contributed by atoms with Gasteiger partial charge in [-0.3, -0.25) is 0 Å². The molecule has 0 spiro atoms. The van der Waals surface area contributed by atoms with Crippen LogP contribution in [0.25, 0.3) is 0 Å². The Balaban J connectivity index is 1.76. The van der Waals surface area contributed by atoms with Crippen molar-refractivity contribution in [2.24, 2.45) is 5.92 Å². The molecule has 0 radical (unpaired) electrons. The van der Waals surface area contributed by atoms with E-state index in [4.69, 9.17) is 4.74 Å². The molecule has 1 N–H and O–H groups in total. The molecule has 1 saturated heterocycles. The summed E-state index contributed by atoms with van der Waals surface area (Å²) in [7, 11) is 0. The second kappa shape index (κ2) is 7.35. The molecule has 1 heterocycles. The van der Waals surface area contributed by atoms with Gasteiger partial charge in [0.25, 0.3) is 0 Å². The Morgan fingerprint density at radius 1 is 1.35 bits per heavy atom. The topological polar surface area (TPSA) is 41.6 Å². The van der Waals surface area contributed by atoms with Crippen molar-refractivity contribution in [3.05, 3.63) is 34.9 Å². The summed E-state index contributed by atoms with van der Waals surface area (Å²) in [5.74, 6) is 0.507. The van der Waals surface area contributed by atoms with E-state index in [9.17, 15) is 4.79 Å². The van der Waals surface area contributed by atoms with Gasteiger partial charge in [0, 0.05) is 26.2 Å². The molecule has 23 heavy (non-hydrogen) atoms. The number of benzene rings is 1. The summed E-state index contributed by atoms with van der Waals surface area (Å²) in [5, 5.41) is 3.54. The Bertz CT molecular complexity index is 549. The van der Waals surface area contributed by atoms with Crippen LogP contribution in [0.5, 0.6) is 0 Å². The second-order valence-electron chi connectivity index (χ2n) is 7.64. The molecule has 1 aromatic carbocycles. The molecule has 1 atom stereocenters. The van der Waals surface area contributed by atoms with Gasteiger partial charge in [0.15, 0.2) is 0 Å². The fraction of sp³-hybridized carbons (Fsp3) is 0.632. The maximum Gasteiger partial charge on any atom is 0.410 e. The molecule has 1 fully saturated rings. The van der Waals surface area contributed by atoms with E-state index in [1.165, 1.54) is 16.7 Å². The van der Waals surface area contributed by atoms with Crippen molar-refractivity contribution >= 4 is 6.09 Å². The van der Waals surface area contributed by atoms with E-state index >= 15 is 0 Å². The van der Waals surface area contributed by atoms with Gasteiger partial charge in [0.2, 0.25) is 0 Å². The third-order valence-corrected chi connectivity index (χ3v) is 4.19. The monoisotopic (exact) mass is 318 g/mol. The van der Waals surface area contributed by atoms with E-state index in [0.717, 1.165) is 32.6 Å². The van der Waals surface area contributed by atoms with E-state index < -0.39 is 5.60 Å². The van der Waals surface area contributed by atoms with Gasteiger partial charge in [0.05, 0.1) is 0 Å². The van der Waals surface area contributed by atoms with Gasteiger partial charge in [-0.1, -0.05) is 23.8 Å². The van der Waals surface area contributed by atoms with Crippen LogP contribution in [0.2, 0.25) is 0 Å². The molecule has 4 heteroatoms. The van der Waals surface area contributed by atoms with Crippen LogP contribution >= 0.6 is 0 Å². The highest BCUT2D eigenvalue weighted by Gasteiger charge is 2.29. The number of aryl methyl sites for hydroxylation is 2. The molecule has 2 rings (SSSR count). The largest absolute Gasteiger partial charge is 0.444 e. The third-order valence-electron chi connectivity index (χ3n) is 4.19. The van der Waals surface area contributed by atoms with Crippen molar-refractivity contribution < 1.29 is 9.53 Å². The zero-order valence-corrected chi connectivity index (χ0v) is 15.1. The molecule has 1 amide bonds. The molecule has 1 unspecified atom stereocenters. The number of nitrogens with one attached hydrogen (secondary N) is 1. The van der Waals surface area contributed by atoms with Crippen molar-refractivity contribution in [3.8, 4) is 0 Å². The first-order chi connectivity index (χ1) is 10.7. The standard InChI is InChI=1S/C19H30N2O2/c1-14-6-7-15(2)17(10-14)12-20-11-16-8-9-21(13-16)18(22)23-19(3,4)5/h6-7,10,16,20H,8-9,11-13H2,1-5H3. The first-order valence-electron chi connectivity index (χ1n) is 8.49. The molecule has 0 aromatic heterocycles. The SMILES string of the molecule is Cc1ccc(C)c(CNCC2CCN(C(=O)OC(C)(C)C)C2)c1. The van der Waals surface area contributed by atoms with Crippen LogP contribution in [0.3, 0.4) is 0 Å². The average molecular weight is 318 g/mol. The van der Waals surface area contributed by atoms with Gasteiger partial charge in [-0.25, -0.2) is 4.79 Å². The maximum atomic E-state index is 12.1. The van der Waals surface area contributed by atoms with Crippen LogP contribution in [-0.2, 0) is 11.3 Å².